The summed E-state index contributed by atoms with van der Waals surface area (Å²) in [5.41, 5.74) is 2.36. The molecular formula is C9H7ClN4O2S. The van der Waals surface area contributed by atoms with E-state index in [-0.39, 0.29) is 16.5 Å². The Kier molecular flexibility index (Phi) is 3.50. The van der Waals surface area contributed by atoms with Crippen molar-refractivity contribution >= 4 is 34.4 Å². The molecule has 0 atom stereocenters. The highest BCUT2D eigenvalue weighted by Gasteiger charge is 2.15. The molecule has 2 aromatic rings. The van der Waals surface area contributed by atoms with E-state index in [1.165, 1.54) is 23.6 Å². The second-order valence-electron chi connectivity index (χ2n) is 3.11. The lowest BCUT2D eigenvalue weighted by atomic mass is 10.4. The summed E-state index contributed by atoms with van der Waals surface area (Å²) in [5, 5.41) is 15.7. The Morgan fingerprint density at radius 1 is 1.53 bits per heavy atom. The summed E-state index contributed by atoms with van der Waals surface area (Å²) in [6.45, 7) is 0.388. The van der Waals surface area contributed by atoms with Crippen LogP contribution in [0.3, 0.4) is 0 Å². The third-order valence-corrected chi connectivity index (χ3v) is 2.79. The molecule has 88 valence electrons. The van der Waals surface area contributed by atoms with Gasteiger partial charge in [-0.2, -0.15) is 0 Å². The van der Waals surface area contributed by atoms with E-state index in [2.05, 4.69) is 15.3 Å². The molecule has 0 unspecified atom stereocenters. The second-order valence-corrected chi connectivity index (χ2v) is 4.27. The van der Waals surface area contributed by atoms with Crippen LogP contribution in [0, 0.1) is 10.1 Å². The molecule has 17 heavy (non-hydrogen) atoms. The Labute approximate surface area is 105 Å². The molecule has 1 N–H and O–H groups in total. The largest absolute Gasteiger partial charge is 0.359 e. The van der Waals surface area contributed by atoms with E-state index in [0.29, 0.717) is 6.54 Å². The van der Waals surface area contributed by atoms with E-state index in [9.17, 15) is 10.1 Å². The average molecular weight is 271 g/mol. The van der Waals surface area contributed by atoms with Crippen molar-refractivity contribution in [1.82, 2.24) is 9.97 Å². The van der Waals surface area contributed by atoms with Gasteiger partial charge in [0.15, 0.2) is 0 Å². The fourth-order valence-electron chi connectivity index (χ4n) is 1.20. The number of thiazole rings is 1. The van der Waals surface area contributed by atoms with Gasteiger partial charge in [-0.25, -0.2) is 9.97 Å². The maximum Gasteiger partial charge on any atom is 0.312 e. The van der Waals surface area contributed by atoms with E-state index in [1.807, 2.05) is 5.38 Å². The van der Waals surface area contributed by atoms with E-state index < -0.39 is 4.92 Å². The number of hydrogen-bond acceptors (Lipinski definition) is 6. The molecule has 6 nitrogen and oxygen atoms in total. The minimum absolute atomic E-state index is 0.146. The van der Waals surface area contributed by atoms with Gasteiger partial charge in [-0.3, -0.25) is 10.1 Å². The van der Waals surface area contributed by atoms with Crippen molar-refractivity contribution in [3.05, 3.63) is 44.0 Å². The van der Waals surface area contributed by atoms with Gasteiger partial charge >= 0.3 is 5.69 Å². The van der Waals surface area contributed by atoms with Crippen LogP contribution in [0.1, 0.15) is 5.69 Å². The normalized spacial score (nSPS) is 10.2. The highest BCUT2D eigenvalue weighted by molar-refractivity contribution is 7.07. The number of nitro groups is 1. The van der Waals surface area contributed by atoms with Crippen LogP contribution < -0.4 is 5.32 Å². The molecule has 8 heteroatoms. The van der Waals surface area contributed by atoms with Crippen LogP contribution in [0.5, 0.6) is 0 Å². The van der Waals surface area contributed by atoms with Crippen molar-refractivity contribution in [3.8, 4) is 0 Å². The first kappa shape index (κ1) is 11.7. The first-order chi connectivity index (χ1) is 8.16. The van der Waals surface area contributed by atoms with E-state index in [4.69, 9.17) is 11.6 Å². The lowest BCUT2D eigenvalue weighted by Gasteiger charge is -2.04. The van der Waals surface area contributed by atoms with E-state index >= 15 is 0 Å². The van der Waals surface area contributed by atoms with Gasteiger partial charge < -0.3 is 5.32 Å². The fraction of sp³-hybridized carbons (Fsp3) is 0.111. The van der Waals surface area contributed by atoms with Gasteiger partial charge in [0, 0.05) is 17.6 Å². The Bertz CT molecular complexity index is 532. The SMILES string of the molecule is O=[N+]([O-])c1cc(Cl)cnc1NCc1cscn1. The number of nitrogens with zero attached hydrogens (tertiary/aromatic N) is 3. The molecule has 0 aromatic carbocycles. The number of halogens is 1. The van der Waals surface area contributed by atoms with Crippen molar-refractivity contribution in [2.75, 3.05) is 5.32 Å². The Morgan fingerprint density at radius 2 is 2.35 bits per heavy atom. The molecule has 0 spiro atoms. The molecule has 0 saturated carbocycles. The minimum atomic E-state index is -0.526. The molecule has 2 aromatic heterocycles. The zero-order valence-corrected chi connectivity index (χ0v) is 10.0. The fourth-order valence-corrected chi connectivity index (χ4v) is 1.91. The molecular weight excluding hydrogens is 264 g/mol. The summed E-state index contributed by atoms with van der Waals surface area (Å²) in [7, 11) is 0. The predicted molar refractivity (Wildman–Crippen MR) is 65.3 cm³/mol. The van der Waals surface area contributed by atoms with Gasteiger partial charge in [0.2, 0.25) is 5.82 Å². The highest BCUT2D eigenvalue weighted by atomic mass is 35.5. The monoisotopic (exact) mass is 270 g/mol. The van der Waals surface area contributed by atoms with E-state index in [0.717, 1.165) is 5.69 Å². The van der Waals surface area contributed by atoms with Crippen LogP contribution >= 0.6 is 22.9 Å². The minimum Gasteiger partial charge on any atom is -0.359 e. The summed E-state index contributed by atoms with van der Waals surface area (Å²) in [6, 6.07) is 1.26. The summed E-state index contributed by atoms with van der Waals surface area (Å²) in [4.78, 5) is 18.2. The second kappa shape index (κ2) is 5.07. The number of aromatic nitrogens is 2. The quantitative estimate of drug-likeness (QED) is 0.682. The lowest BCUT2D eigenvalue weighted by molar-refractivity contribution is -0.384. The Balaban J connectivity index is 2.17. The van der Waals surface area contributed by atoms with Crippen LogP contribution in [0.25, 0.3) is 0 Å². The topological polar surface area (TPSA) is 81.0 Å². The molecule has 2 rings (SSSR count). The summed E-state index contributed by atoms with van der Waals surface area (Å²) in [6.07, 6.45) is 1.36. The van der Waals surface area contributed by atoms with Crippen LogP contribution in [-0.2, 0) is 6.54 Å². The summed E-state index contributed by atoms with van der Waals surface area (Å²) >= 11 is 7.12. The van der Waals surface area contributed by atoms with Gasteiger partial charge in [-0.15, -0.1) is 11.3 Å². The maximum atomic E-state index is 10.8. The number of pyridine rings is 1. The first-order valence-electron chi connectivity index (χ1n) is 4.57. The van der Waals surface area contributed by atoms with Crippen LogP contribution in [0.2, 0.25) is 5.02 Å². The molecule has 0 radical (unpaired) electrons. The average Bonchev–Trinajstić information content (AvgIpc) is 2.80. The summed E-state index contributed by atoms with van der Waals surface area (Å²) in [5.74, 6) is 0.187. The van der Waals surface area contributed by atoms with E-state index in [1.54, 1.807) is 5.51 Å². The molecule has 0 fully saturated rings. The van der Waals surface area contributed by atoms with Crippen LogP contribution in [0.15, 0.2) is 23.2 Å². The Hall–Kier alpha value is -1.73. The van der Waals surface area contributed by atoms with Crippen molar-refractivity contribution in [1.29, 1.82) is 0 Å². The van der Waals surface area contributed by atoms with Gasteiger partial charge in [-0.1, -0.05) is 11.6 Å². The highest BCUT2D eigenvalue weighted by Crippen LogP contribution is 2.25. The standard InChI is InChI=1S/C9H7ClN4O2S/c10-6-1-8(14(15)16)9(11-2-6)12-3-7-4-17-5-13-7/h1-2,4-5H,3H2,(H,11,12). The lowest BCUT2D eigenvalue weighted by Crippen LogP contribution is -2.04. The van der Waals surface area contributed by atoms with Crippen LogP contribution in [0.4, 0.5) is 11.5 Å². The predicted octanol–water partition coefficient (Wildman–Crippen LogP) is 2.71. The van der Waals surface area contributed by atoms with Gasteiger partial charge in [-0.05, 0) is 0 Å². The van der Waals surface area contributed by atoms with Gasteiger partial charge in [0.05, 0.1) is 27.7 Å². The smallest absolute Gasteiger partial charge is 0.312 e. The number of hydrogen-bond donors (Lipinski definition) is 1. The molecule has 0 aliphatic rings. The van der Waals surface area contributed by atoms with Crippen molar-refractivity contribution in [3.63, 3.8) is 0 Å². The number of rotatable bonds is 4. The number of anilines is 1. The molecule has 0 amide bonds. The third-order valence-electron chi connectivity index (χ3n) is 1.95. The van der Waals surface area contributed by atoms with Crippen molar-refractivity contribution < 1.29 is 4.92 Å². The first-order valence-corrected chi connectivity index (χ1v) is 5.90. The Morgan fingerprint density at radius 3 is 3.00 bits per heavy atom. The van der Waals surface area contributed by atoms with Crippen LogP contribution in [-0.4, -0.2) is 14.9 Å². The molecule has 2 heterocycles. The molecule has 0 saturated heterocycles. The molecule has 0 aliphatic heterocycles. The maximum absolute atomic E-state index is 10.8. The van der Waals surface area contributed by atoms with Crippen molar-refractivity contribution in [2.24, 2.45) is 0 Å². The van der Waals surface area contributed by atoms with Crippen molar-refractivity contribution in [2.45, 2.75) is 6.54 Å². The zero-order chi connectivity index (χ0) is 12.3. The van der Waals surface area contributed by atoms with Gasteiger partial charge in [0.1, 0.15) is 0 Å². The summed E-state index contributed by atoms with van der Waals surface area (Å²) < 4.78 is 0. The molecule has 0 bridgehead atoms. The zero-order valence-electron chi connectivity index (χ0n) is 8.46. The number of nitrogens with one attached hydrogen (secondary N) is 1. The third kappa shape index (κ3) is 2.89. The van der Waals surface area contributed by atoms with Gasteiger partial charge in [0.25, 0.3) is 0 Å². The molecule has 0 aliphatic carbocycles.